The van der Waals surface area contributed by atoms with E-state index in [0.29, 0.717) is 5.70 Å². The van der Waals surface area contributed by atoms with Crippen LogP contribution in [0.1, 0.15) is 0 Å². The summed E-state index contributed by atoms with van der Waals surface area (Å²) in [5.41, 5.74) is 5.40. The standard InChI is InChI=1S/C5H6N2OS.ClH/c6-5(8)4-2-1-3-9-7-4;/h1-3,7H,(H2,6,8);1H. The minimum Gasteiger partial charge on any atom is -0.364 e. The van der Waals surface area contributed by atoms with Gasteiger partial charge in [0.2, 0.25) is 0 Å². The maximum Gasteiger partial charge on any atom is 0.265 e. The monoisotopic (exact) mass is 178 g/mol. The normalized spacial score (nSPS) is 14.6. The molecule has 0 aromatic heterocycles. The van der Waals surface area contributed by atoms with Gasteiger partial charge >= 0.3 is 0 Å². The third-order valence-corrected chi connectivity index (χ3v) is 1.47. The van der Waals surface area contributed by atoms with Gasteiger partial charge in [-0.2, -0.15) is 0 Å². The average Bonchev–Trinajstić information content (AvgIpc) is 1.90. The van der Waals surface area contributed by atoms with Crippen LogP contribution in [0.25, 0.3) is 0 Å². The fourth-order valence-corrected chi connectivity index (χ4v) is 0.960. The average molecular weight is 179 g/mol. The van der Waals surface area contributed by atoms with Gasteiger partial charge in [0.15, 0.2) is 0 Å². The summed E-state index contributed by atoms with van der Waals surface area (Å²) in [5.74, 6) is -0.424. The Kier molecular flexibility index (Phi) is 3.99. The Morgan fingerprint density at radius 3 is 2.70 bits per heavy atom. The Hall–Kier alpha value is -0.610. The molecule has 0 atom stereocenters. The Morgan fingerprint density at radius 1 is 1.70 bits per heavy atom. The molecule has 0 bridgehead atoms. The van der Waals surface area contributed by atoms with E-state index in [-0.39, 0.29) is 12.4 Å². The van der Waals surface area contributed by atoms with Crippen molar-refractivity contribution in [2.24, 2.45) is 5.73 Å². The van der Waals surface area contributed by atoms with Gasteiger partial charge in [-0.3, -0.25) is 4.79 Å². The number of rotatable bonds is 1. The van der Waals surface area contributed by atoms with Crippen molar-refractivity contribution in [2.75, 3.05) is 0 Å². The van der Waals surface area contributed by atoms with Gasteiger partial charge in [-0.05, 0) is 23.4 Å². The molecule has 0 unspecified atom stereocenters. The Bertz CT molecular complexity index is 190. The van der Waals surface area contributed by atoms with Crippen LogP contribution in [0.4, 0.5) is 0 Å². The van der Waals surface area contributed by atoms with E-state index in [1.54, 1.807) is 12.2 Å². The van der Waals surface area contributed by atoms with Crippen molar-refractivity contribution < 1.29 is 4.79 Å². The van der Waals surface area contributed by atoms with Crippen molar-refractivity contribution in [1.82, 2.24) is 4.72 Å². The summed E-state index contributed by atoms with van der Waals surface area (Å²) in [6, 6.07) is 0. The van der Waals surface area contributed by atoms with Crippen LogP contribution in [0.3, 0.4) is 0 Å². The molecule has 5 heteroatoms. The van der Waals surface area contributed by atoms with Crippen molar-refractivity contribution in [3.05, 3.63) is 23.3 Å². The van der Waals surface area contributed by atoms with Crippen molar-refractivity contribution in [3.63, 3.8) is 0 Å². The second-order valence-corrected chi connectivity index (χ2v) is 2.21. The Balaban J connectivity index is 0.000000810. The van der Waals surface area contributed by atoms with Crippen LogP contribution in [0.2, 0.25) is 0 Å². The quantitative estimate of drug-likeness (QED) is 0.577. The summed E-state index contributed by atoms with van der Waals surface area (Å²) >= 11 is 1.33. The molecular weight excluding hydrogens is 172 g/mol. The zero-order chi connectivity index (χ0) is 6.69. The fourth-order valence-electron chi connectivity index (χ4n) is 0.439. The maximum absolute atomic E-state index is 10.4. The fraction of sp³-hybridized carbons (Fsp3) is 0. The molecule has 0 radical (unpaired) electrons. The molecule has 1 amide bonds. The van der Waals surface area contributed by atoms with Gasteiger partial charge in [0.25, 0.3) is 5.91 Å². The van der Waals surface area contributed by atoms with Crippen LogP contribution in [-0.4, -0.2) is 5.91 Å². The predicted molar refractivity (Wildman–Crippen MR) is 44.4 cm³/mol. The highest BCUT2D eigenvalue weighted by Gasteiger charge is 2.03. The molecule has 0 aromatic rings. The molecule has 1 heterocycles. The van der Waals surface area contributed by atoms with Gasteiger partial charge in [-0.25, -0.2) is 0 Å². The molecule has 0 fully saturated rings. The Morgan fingerprint density at radius 2 is 2.40 bits per heavy atom. The van der Waals surface area contributed by atoms with E-state index in [1.165, 1.54) is 11.9 Å². The third kappa shape index (κ3) is 2.33. The van der Waals surface area contributed by atoms with E-state index in [2.05, 4.69) is 4.72 Å². The summed E-state index contributed by atoms with van der Waals surface area (Å²) in [5, 5.41) is 1.83. The smallest absolute Gasteiger partial charge is 0.265 e. The molecule has 0 aromatic carbocycles. The van der Waals surface area contributed by atoms with Crippen molar-refractivity contribution >= 4 is 30.3 Å². The van der Waals surface area contributed by atoms with E-state index in [9.17, 15) is 4.79 Å². The highest BCUT2D eigenvalue weighted by molar-refractivity contribution is 8.00. The highest BCUT2D eigenvalue weighted by atomic mass is 35.5. The van der Waals surface area contributed by atoms with Gasteiger partial charge in [-0.1, -0.05) is 6.08 Å². The lowest BCUT2D eigenvalue weighted by Gasteiger charge is -2.05. The zero-order valence-electron chi connectivity index (χ0n) is 5.03. The molecule has 0 spiro atoms. The third-order valence-electron chi connectivity index (χ3n) is 0.844. The highest BCUT2D eigenvalue weighted by Crippen LogP contribution is 2.06. The van der Waals surface area contributed by atoms with E-state index >= 15 is 0 Å². The first-order valence-corrected chi connectivity index (χ1v) is 3.27. The molecule has 0 aliphatic carbocycles. The van der Waals surface area contributed by atoms with Crippen LogP contribution in [0, 0.1) is 0 Å². The number of allylic oxidation sites excluding steroid dienone is 2. The Labute approximate surface area is 69.3 Å². The molecule has 0 saturated heterocycles. The lowest BCUT2D eigenvalue weighted by atomic mass is 10.4. The number of hydrogen-bond donors (Lipinski definition) is 2. The summed E-state index contributed by atoms with van der Waals surface area (Å²) in [4.78, 5) is 10.4. The van der Waals surface area contributed by atoms with Gasteiger partial charge in [0.05, 0.1) is 0 Å². The second-order valence-electron chi connectivity index (χ2n) is 1.49. The van der Waals surface area contributed by atoms with Gasteiger partial charge in [0, 0.05) is 0 Å². The number of halogens is 1. The lowest BCUT2D eigenvalue weighted by Crippen LogP contribution is -2.22. The second kappa shape index (κ2) is 4.24. The van der Waals surface area contributed by atoms with Crippen LogP contribution in [0.15, 0.2) is 23.3 Å². The van der Waals surface area contributed by atoms with Crippen molar-refractivity contribution in [3.8, 4) is 0 Å². The number of nitrogens with two attached hydrogens (primary N) is 1. The number of nitrogens with one attached hydrogen (secondary N) is 1. The summed E-state index contributed by atoms with van der Waals surface area (Å²) in [6.45, 7) is 0. The van der Waals surface area contributed by atoms with Crippen LogP contribution < -0.4 is 10.5 Å². The number of primary amides is 1. The minimum atomic E-state index is -0.424. The molecule has 1 rings (SSSR count). The van der Waals surface area contributed by atoms with E-state index in [0.717, 1.165) is 0 Å². The predicted octanol–water partition coefficient (Wildman–Crippen LogP) is 0.543. The molecule has 3 N–H and O–H groups in total. The number of hydrogen-bond acceptors (Lipinski definition) is 3. The molecule has 3 nitrogen and oxygen atoms in total. The minimum absolute atomic E-state index is 0. The molecule has 10 heavy (non-hydrogen) atoms. The van der Waals surface area contributed by atoms with Crippen LogP contribution in [0.5, 0.6) is 0 Å². The summed E-state index contributed by atoms with van der Waals surface area (Å²) in [7, 11) is 0. The van der Waals surface area contributed by atoms with Gasteiger partial charge in [0.1, 0.15) is 5.70 Å². The number of carbonyl (C=O) groups is 1. The largest absolute Gasteiger partial charge is 0.364 e. The first kappa shape index (κ1) is 9.39. The maximum atomic E-state index is 10.4. The number of carbonyl (C=O) groups excluding carboxylic acids is 1. The van der Waals surface area contributed by atoms with E-state index < -0.39 is 5.91 Å². The summed E-state index contributed by atoms with van der Waals surface area (Å²) in [6.07, 6.45) is 3.40. The molecular formula is C5H7ClN2OS. The van der Waals surface area contributed by atoms with Crippen molar-refractivity contribution in [2.45, 2.75) is 0 Å². The topological polar surface area (TPSA) is 55.1 Å². The van der Waals surface area contributed by atoms with Crippen LogP contribution in [-0.2, 0) is 4.79 Å². The zero-order valence-corrected chi connectivity index (χ0v) is 6.67. The first-order chi connectivity index (χ1) is 4.30. The first-order valence-electron chi connectivity index (χ1n) is 2.39. The summed E-state index contributed by atoms with van der Waals surface area (Å²) < 4.78 is 2.73. The van der Waals surface area contributed by atoms with Gasteiger partial charge < -0.3 is 10.5 Å². The van der Waals surface area contributed by atoms with E-state index in [4.69, 9.17) is 5.73 Å². The SMILES string of the molecule is Cl.NC(=O)C1=CC=CSN1. The van der Waals surface area contributed by atoms with Crippen LogP contribution >= 0.6 is 24.4 Å². The molecule has 56 valence electrons. The molecule has 0 saturated carbocycles. The van der Waals surface area contributed by atoms with Gasteiger partial charge in [-0.15, -0.1) is 12.4 Å². The lowest BCUT2D eigenvalue weighted by molar-refractivity contribution is -0.114. The molecule has 1 aliphatic rings. The van der Waals surface area contributed by atoms with E-state index in [1.807, 2.05) is 5.41 Å². The van der Waals surface area contributed by atoms with Crippen molar-refractivity contribution in [1.29, 1.82) is 0 Å². The number of amides is 1. The molecule has 1 aliphatic heterocycles.